The maximum Gasteiger partial charge on any atom is 0.328 e. The average molecular weight is 548 g/mol. The van der Waals surface area contributed by atoms with E-state index >= 15 is 0 Å². The fraction of sp³-hybridized carbons (Fsp3) is 0.333. The summed E-state index contributed by atoms with van der Waals surface area (Å²) in [5.41, 5.74) is 1.11. The highest BCUT2D eigenvalue weighted by Gasteiger charge is 2.44. The summed E-state index contributed by atoms with van der Waals surface area (Å²) in [4.78, 5) is 26.5. The number of aliphatic hydroxyl groups excluding tert-OH is 1. The number of ether oxygens (including phenoxy) is 2. The highest BCUT2D eigenvalue weighted by atomic mass is 127. The van der Waals surface area contributed by atoms with E-state index in [0.717, 1.165) is 11.1 Å². The summed E-state index contributed by atoms with van der Waals surface area (Å²) in [6.07, 6.45) is 0.778. The monoisotopic (exact) mass is 548 g/mol. The third kappa shape index (κ3) is 5.37. The van der Waals surface area contributed by atoms with E-state index < -0.39 is 23.4 Å². The molecule has 1 aromatic heterocycles. The predicted octanol–water partition coefficient (Wildman–Crippen LogP) is 2.87. The molecular formula is C24H25IN2O5. The fourth-order valence-corrected chi connectivity index (χ4v) is 4.54. The molecule has 1 aliphatic rings. The number of nitrogens with one attached hydrogen (secondary N) is 1. The lowest BCUT2D eigenvalue weighted by molar-refractivity contribution is -0.0476. The third-order valence-corrected chi connectivity index (χ3v) is 6.56. The van der Waals surface area contributed by atoms with Crippen molar-refractivity contribution < 1.29 is 14.6 Å². The molecule has 1 heterocycles. The number of hydrogen-bond donors (Lipinski definition) is 2. The van der Waals surface area contributed by atoms with Crippen molar-refractivity contribution >= 4 is 22.6 Å². The van der Waals surface area contributed by atoms with Crippen LogP contribution in [0.1, 0.15) is 23.6 Å². The van der Waals surface area contributed by atoms with Crippen LogP contribution in [-0.2, 0) is 22.7 Å². The molecule has 3 aromatic rings. The zero-order valence-corrected chi connectivity index (χ0v) is 19.6. The van der Waals surface area contributed by atoms with Gasteiger partial charge in [0.25, 0.3) is 5.56 Å². The summed E-state index contributed by atoms with van der Waals surface area (Å²) in [5.74, 6) is -0.316. The lowest BCUT2D eigenvalue weighted by Gasteiger charge is -2.23. The second kappa shape index (κ2) is 10.6. The molecule has 1 fully saturated rings. The molecular weight excluding hydrogens is 523 g/mol. The van der Waals surface area contributed by atoms with Crippen LogP contribution in [0.15, 0.2) is 76.4 Å². The minimum atomic E-state index is -0.856. The van der Waals surface area contributed by atoms with Gasteiger partial charge in [-0.3, -0.25) is 14.3 Å². The van der Waals surface area contributed by atoms with E-state index in [2.05, 4.69) is 4.98 Å². The Bertz CT molecular complexity index is 1130. The Morgan fingerprint density at radius 2 is 1.62 bits per heavy atom. The van der Waals surface area contributed by atoms with Gasteiger partial charge in [-0.05, 0) is 40.1 Å². The molecule has 8 heteroatoms. The summed E-state index contributed by atoms with van der Waals surface area (Å²) in [6.45, 7) is 1.12. The van der Waals surface area contributed by atoms with Gasteiger partial charge in [-0.15, -0.1) is 0 Å². The van der Waals surface area contributed by atoms with E-state index in [9.17, 15) is 14.7 Å². The van der Waals surface area contributed by atoms with Crippen molar-refractivity contribution in [2.75, 3.05) is 6.61 Å². The van der Waals surface area contributed by atoms with Crippen LogP contribution in [0.3, 0.4) is 0 Å². The quantitative estimate of drug-likeness (QED) is 0.423. The van der Waals surface area contributed by atoms with Gasteiger partial charge in [0.05, 0.1) is 41.6 Å². The molecule has 4 atom stereocenters. The molecule has 0 bridgehead atoms. The first-order valence-electron chi connectivity index (χ1n) is 10.5. The first kappa shape index (κ1) is 22.9. The summed E-state index contributed by atoms with van der Waals surface area (Å²) >= 11 is 1.88. The van der Waals surface area contributed by atoms with Crippen LogP contribution >= 0.6 is 22.6 Å². The number of benzene rings is 2. The zero-order valence-electron chi connectivity index (χ0n) is 17.4. The second-order valence-electron chi connectivity index (χ2n) is 7.94. The van der Waals surface area contributed by atoms with Gasteiger partial charge >= 0.3 is 5.69 Å². The van der Waals surface area contributed by atoms with E-state index in [-0.39, 0.29) is 12.0 Å². The molecule has 0 amide bonds. The topological polar surface area (TPSA) is 93.6 Å². The maximum absolute atomic E-state index is 12.4. The van der Waals surface area contributed by atoms with Crippen LogP contribution in [0.25, 0.3) is 0 Å². The molecule has 168 valence electrons. The molecule has 4 rings (SSSR count). The van der Waals surface area contributed by atoms with Gasteiger partial charge in [0.2, 0.25) is 0 Å². The minimum absolute atomic E-state index is 0.293. The number of aromatic amines is 1. The van der Waals surface area contributed by atoms with Gasteiger partial charge in [0, 0.05) is 12.1 Å². The van der Waals surface area contributed by atoms with Gasteiger partial charge in [0.15, 0.2) is 0 Å². The van der Waals surface area contributed by atoms with Crippen LogP contribution < -0.4 is 11.2 Å². The largest absolute Gasteiger partial charge is 0.390 e. The van der Waals surface area contributed by atoms with Crippen molar-refractivity contribution in [3.8, 4) is 0 Å². The lowest BCUT2D eigenvalue weighted by atomic mass is 10.0. The van der Waals surface area contributed by atoms with Crippen LogP contribution in [-0.4, -0.2) is 33.5 Å². The van der Waals surface area contributed by atoms with E-state index in [0.29, 0.717) is 29.8 Å². The average Bonchev–Trinajstić information content (AvgIpc) is 3.11. The smallest absolute Gasteiger partial charge is 0.328 e. The van der Waals surface area contributed by atoms with Crippen LogP contribution in [0, 0.1) is 9.49 Å². The van der Waals surface area contributed by atoms with Gasteiger partial charge in [-0.2, -0.15) is 0 Å². The fourth-order valence-electron chi connectivity index (χ4n) is 4.10. The Kier molecular flexibility index (Phi) is 7.56. The molecule has 1 saturated carbocycles. The number of hydrogen-bond acceptors (Lipinski definition) is 5. The van der Waals surface area contributed by atoms with Crippen molar-refractivity contribution in [2.24, 2.45) is 5.92 Å². The standard InChI is InChI=1S/C24H25IN2O5/c25-19-12-27(24(30)26-23(19)29)20-11-21(32-14-17-9-5-2-6-10-17)18(22(20)28)15-31-13-16-7-3-1-4-8-16/h1-10,12,18,20-22,28H,11,13-15H2,(H,26,29,30)/t18-,20+,21+,22+/m1/s1. The van der Waals surface area contributed by atoms with Crippen molar-refractivity contribution in [3.63, 3.8) is 0 Å². The van der Waals surface area contributed by atoms with E-state index in [1.54, 1.807) is 0 Å². The normalized spacial score (nSPS) is 22.8. The van der Waals surface area contributed by atoms with E-state index in [4.69, 9.17) is 9.47 Å². The van der Waals surface area contributed by atoms with Gasteiger partial charge in [0.1, 0.15) is 0 Å². The molecule has 0 aliphatic heterocycles. The lowest BCUT2D eigenvalue weighted by Crippen LogP contribution is -2.37. The van der Waals surface area contributed by atoms with Gasteiger partial charge < -0.3 is 14.6 Å². The van der Waals surface area contributed by atoms with E-state index in [1.165, 1.54) is 10.8 Å². The molecule has 1 aliphatic carbocycles. The number of aliphatic hydroxyl groups is 1. The Morgan fingerprint density at radius 3 is 2.28 bits per heavy atom. The van der Waals surface area contributed by atoms with Crippen molar-refractivity contribution in [1.29, 1.82) is 0 Å². The third-order valence-electron chi connectivity index (χ3n) is 5.79. The highest BCUT2D eigenvalue weighted by Crippen LogP contribution is 2.37. The Morgan fingerprint density at radius 1 is 1.00 bits per heavy atom. The Labute approximate surface area is 199 Å². The van der Waals surface area contributed by atoms with Gasteiger partial charge in [-0.1, -0.05) is 60.7 Å². The van der Waals surface area contributed by atoms with Crippen molar-refractivity contribution in [2.45, 2.75) is 37.9 Å². The van der Waals surface area contributed by atoms with Crippen LogP contribution in [0.2, 0.25) is 0 Å². The molecule has 0 saturated heterocycles. The SMILES string of the molecule is O=c1[nH]c(=O)n([C@H]2C[C@H](OCc3ccccc3)[C@@H](COCc3ccccc3)[C@@H]2O)cc1I. The number of nitrogens with zero attached hydrogens (tertiary/aromatic N) is 1. The summed E-state index contributed by atoms with van der Waals surface area (Å²) in [5, 5.41) is 11.1. The first-order chi connectivity index (χ1) is 15.5. The number of rotatable bonds is 8. The summed E-state index contributed by atoms with van der Waals surface area (Å²) in [6, 6.07) is 19.1. The molecule has 0 unspecified atom stereocenters. The summed E-state index contributed by atoms with van der Waals surface area (Å²) in [7, 11) is 0. The first-order valence-corrected chi connectivity index (χ1v) is 11.6. The van der Waals surface area contributed by atoms with Crippen LogP contribution in [0.4, 0.5) is 0 Å². The molecule has 2 aromatic carbocycles. The molecule has 0 spiro atoms. The van der Waals surface area contributed by atoms with Crippen molar-refractivity contribution in [1.82, 2.24) is 9.55 Å². The second-order valence-corrected chi connectivity index (χ2v) is 9.10. The molecule has 0 radical (unpaired) electrons. The summed E-state index contributed by atoms with van der Waals surface area (Å²) < 4.78 is 13.9. The maximum atomic E-state index is 12.4. The number of H-pyrrole nitrogens is 1. The predicted molar refractivity (Wildman–Crippen MR) is 128 cm³/mol. The van der Waals surface area contributed by atoms with Crippen LogP contribution in [0.5, 0.6) is 0 Å². The molecule has 2 N–H and O–H groups in total. The zero-order chi connectivity index (χ0) is 22.5. The van der Waals surface area contributed by atoms with Crippen molar-refractivity contribution in [3.05, 3.63) is 102 Å². The highest BCUT2D eigenvalue weighted by molar-refractivity contribution is 14.1. The van der Waals surface area contributed by atoms with Gasteiger partial charge in [-0.25, -0.2) is 4.79 Å². The Balaban J connectivity index is 1.51. The number of halogens is 1. The Hall–Kier alpha value is -2.27. The molecule has 32 heavy (non-hydrogen) atoms. The number of aromatic nitrogens is 2. The molecule has 7 nitrogen and oxygen atoms in total. The van der Waals surface area contributed by atoms with E-state index in [1.807, 2.05) is 83.3 Å². The minimum Gasteiger partial charge on any atom is -0.390 e.